The molecular formula is C17H14Br2O. The monoisotopic (exact) mass is 392 g/mol. The molecule has 0 saturated heterocycles. The number of hydrogen-bond acceptors (Lipinski definition) is 1. The first kappa shape index (κ1) is 14.0. The predicted molar refractivity (Wildman–Crippen MR) is 88.9 cm³/mol. The summed E-state index contributed by atoms with van der Waals surface area (Å²) in [5.74, 6) is 0.171. The van der Waals surface area contributed by atoms with Gasteiger partial charge in [-0.1, -0.05) is 86.5 Å². The Morgan fingerprint density at radius 1 is 1.00 bits per heavy atom. The summed E-state index contributed by atoms with van der Waals surface area (Å²) in [5.41, 5.74) is 3.12. The molecule has 2 atom stereocenters. The number of rotatable bonds is 2. The molecule has 0 aromatic heterocycles. The summed E-state index contributed by atoms with van der Waals surface area (Å²) in [6.07, 6.45) is 1.72. The summed E-state index contributed by atoms with van der Waals surface area (Å²) in [4.78, 5) is 12.8. The second kappa shape index (κ2) is 5.45. The molecule has 102 valence electrons. The molecule has 0 heterocycles. The quantitative estimate of drug-likeness (QED) is 0.649. The van der Waals surface area contributed by atoms with Crippen molar-refractivity contribution in [2.75, 3.05) is 0 Å². The minimum absolute atomic E-state index is 0.0305. The van der Waals surface area contributed by atoms with Crippen LogP contribution >= 0.6 is 31.9 Å². The number of carbonyl (C=O) groups is 1. The van der Waals surface area contributed by atoms with Crippen LogP contribution in [0, 0.1) is 0 Å². The maximum atomic E-state index is 12.9. The Morgan fingerprint density at radius 3 is 2.40 bits per heavy atom. The number of halogens is 2. The molecule has 0 fully saturated rings. The maximum absolute atomic E-state index is 12.9. The molecule has 3 heteroatoms. The lowest BCUT2D eigenvalue weighted by atomic mass is 9.79. The van der Waals surface area contributed by atoms with E-state index in [0.29, 0.717) is 0 Å². The van der Waals surface area contributed by atoms with E-state index in [0.717, 1.165) is 29.5 Å². The van der Waals surface area contributed by atoms with E-state index in [1.807, 2.05) is 42.5 Å². The van der Waals surface area contributed by atoms with E-state index in [4.69, 9.17) is 0 Å². The third kappa shape index (κ3) is 2.27. The van der Waals surface area contributed by atoms with E-state index in [2.05, 4.69) is 44.0 Å². The molecule has 0 N–H and O–H groups in total. The Morgan fingerprint density at radius 2 is 1.65 bits per heavy atom. The van der Waals surface area contributed by atoms with Crippen molar-refractivity contribution in [3.8, 4) is 0 Å². The van der Waals surface area contributed by atoms with Crippen molar-refractivity contribution >= 4 is 37.6 Å². The average molecular weight is 394 g/mol. The molecule has 1 nitrogen and oxygen atoms in total. The van der Waals surface area contributed by atoms with Crippen molar-refractivity contribution in [2.24, 2.45) is 0 Å². The fraction of sp³-hybridized carbons (Fsp3) is 0.235. The Bertz CT molecular complexity index is 638. The van der Waals surface area contributed by atoms with Gasteiger partial charge >= 0.3 is 0 Å². The molecule has 2 unspecified atom stereocenters. The normalized spacial score (nSPS) is 23.2. The van der Waals surface area contributed by atoms with Gasteiger partial charge in [-0.15, -0.1) is 0 Å². The zero-order chi connectivity index (χ0) is 14.2. The van der Waals surface area contributed by atoms with E-state index in [1.165, 1.54) is 0 Å². The Labute approximate surface area is 135 Å². The first-order chi connectivity index (χ1) is 9.63. The van der Waals surface area contributed by atoms with Crippen LogP contribution in [0.1, 0.15) is 32.7 Å². The minimum Gasteiger partial charge on any atom is -0.293 e. The number of benzene rings is 2. The number of alkyl halides is 2. The highest BCUT2D eigenvalue weighted by molar-refractivity contribution is 9.12. The highest BCUT2D eigenvalue weighted by Crippen LogP contribution is 2.48. The number of aryl methyl sites for hydroxylation is 1. The van der Waals surface area contributed by atoms with E-state index < -0.39 is 4.32 Å². The summed E-state index contributed by atoms with van der Waals surface area (Å²) in [7, 11) is 0. The van der Waals surface area contributed by atoms with Gasteiger partial charge in [0.2, 0.25) is 0 Å². The van der Waals surface area contributed by atoms with Crippen LogP contribution in [0.15, 0.2) is 54.6 Å². The summed E-state index contributed by atoms with van der Waals surface area (Å²) >= 11 is 7.47. The van der Waals surface area contributed by atoms with E-state index in [-0.39, 0.29) is 10.6 Å². The second-order valence-electron chi connectivity index (χ2n) is 5.12. The Balaban J connectivity index is 2.00. The van der Waals surface area contributed by atoms with Crippen LogP contribution in [0.4, 0.5) is 0 Å². The number of ketones is 1. The van der Waals surface area contributed by atoms with Crippen molar-refractivity contribution in [3.63, 3.8) is 0 Å². The first-order valence-corrected chi connectivity index (χ1v) is 8.34. The van der Waals surface area contributed by atoms with E-state index in [1.54, 1.807) is 0 Å². The lowest BCUT2D eigenvalue weighted by molar-refractivity contribution is 0.0930. The molecule has 20 heavy (non-hydrogen) atoms. The number of Topliss-reactive ketones (excluding diaryl/α,β-unsaturated/α-hetero) is 1. The zero-order valence-corrected chi connectivity index (χ0v) is 14.0. The molecule has 3 rings (SSSR count). The molecule has 0 spiro atoms. The average Bonchev–Trinajstić information content (AvgIpc) is 2.51. The molecule has 0 bridgehead atoms. The lowest BCUT2D eigenvalue weighted by Gasteiger charge is -2.35. The van der Waals surface area contributed by atoms with Crippen LogP contribution in [0.3, 0.4) is 0 Å². The SMILES string of the molecule is O=C1c2ccccc2CCC1(Br)C(Br)c1ccccc1. The van der Waals surface area contributed by atoms with Crippen LogP contribution in [0.2, 0.25) is 0 Å². The molecule has 2 aromatic carbocycles. The topological polar surface area (TPSA) is 17.1 Å². The fourth-order valence-corrected chi connectivity index (χ4v) is 4.16. The molecule has 1 aliphatic carbocycles. The number of fused-ring (bicyclic) bond motifs is 1. The van der Waals surface area contributed by atoms with Gasteiger partial charge in [-0.05, 0) is 24.0 Å². The molecule has 2 aromatic rings. The van der Waals surface area contributed by atoms with Crippen molar-refractivity contribution < 1.29 is 4.79 Å². The Kier molecular flexibility index (Phi) is 3.83. The van der Waals surface area contributed by atoms with Gasteiger partial charge in [-0.3, -0.25) is 4.79 Å². The summed E-state index contributed by atoms with van der Waals surface area (Å²) in [6, 6.07) is 18.0. The smallest absolute Gasteiger partial charge is 0.181 e. The van der Waals surface area contributed by atoms with Gasteiger partial charge in [0.05, 0.1) is 4.83 Å². The van der Waals surface area contributed by atoms with Gasteiger partial charge in [0.15, 0.2) is 5.78 Å². The summed E-state index contributed by atoms with van der Waals surface area (Å²) in [5, 5.41) is 0. The predicted octanol–water partition coefficient (Wildman–Crippen LogP) is 5.09. The van der Waals surface area contributed by atoms with Gasteiger partial charge < -0.3 is 0 Å². The van der Waals surface area contributed by atoms with Crippen molar-refractivity contribution in [1.82, 2.24) is 0 Å². The van der Waals surface area contributed by atoms with Crippen LogP contribution in [0.25, 0.3) is 0 Å². The minimum atomic E-state index is -0.567. The highest BCUT2D eigenvalue weighted by Gasteiger charge is 2.45. The summed E-state index contributed by atoms with van der Waals surface area (Å²) < 4.78 is -0.567. The van der Waals surface area contributed by atoms with Gasteiger partial charge in [0, 0.05) is 5.56 Å². The van der Waals surface area contributed by atoms with Gasteiger partial charge in [0.25, 0.3) is 0 Å². The lowest BCUT2D eigenvalue weighted by Crippen LogP contribution is -2.40. The molecule has 1 aliphatic rings. The van der Waals surface area contributed by atoms with Gasteiger partial charge in [-0.2, -0.15) is 0 Å². The van der Waals surface area contributed by atoms with Crippen LogP contribution in [0.5, 0.6) is 0 Å². The van der Waals surface area contributed by atoms with Crippen molar-refractivity contribution in [3.05, 3.63) is 71.3 Å². The molecule has 0 aliphatic heterocycles. The Hall–Kier alpha value is -0.930. The third-order valence-electron chi connectivity index (χ3n) is 3.89. The van der Waals surface area contributed by atoms with Crippen LogP contribution in [-0.2, 0) is 6.42 Å². The molecular weight excluding hydrogens is 380 g/mol. The standard InChI is InChI=1S/C17H14Br2O/c18-15(13-7-2-1-3-8-13)17(19)11-10-12-6-4-5-9-14(12)16(17)20/h1-9,15H,10-11H2. The third-order valence-corrected chi connectivity index (χ3v) is 7.03. The van der Waals surface area contributed by atoms with E-state index in [9.17, 15) is 4.79 Å². The first-order valence-electron chi connectivity index (χ1n) is 6.63. The second-order valence-corrected chi connectivity index (χ2v) is 7.45. The van der Waals surface area contributed by atoms with Crippen LogP contribution in [-0.4, -0.2) is 10.1 Å². The fourth-order valence-electron chi connectivity index (χ4n) is 2.74. The number of carbonyl (C=O) groups excluding carboxylic acids is 1. The number of hydrogen-bond donors (Lipinski definition) is 0. The van der Waals surface area contributed by atoms with Gasteiger partial charge in [0.1, 0.15) is 4.32 Å². The molecule has 0 amide bonds. The largest absolute Gasteiger partial charge is 0.293 e. The summed E-state index contributed by atoms with van der Waals surface area (Å²) in [6.45, 7) is 0. The van der Waals surface area contributed by atoms with Crippen molar-refractivity contribution in [2.45, 2.75) is 22.0 Å². The van der Waals surface area contributed by atoms with Crippen molar-refractivity contribution in [1.29, 1.82) is 0 Å². The molecule has 0 saturated carbocycles. The van der Waals surface area contributed by atoms with Gasteiger partial charge in [-0.25, -0.2) is 0 Å². The zero-order valence-electron chi connectivity index (χ0n) is 10.9. The highest BCUT2D eigenvalue weighted by atomic mass is 79.9. The van der Waals surface area contributed by atoms with E-state index >= 15 is 0 Å². The maximum Gasteiger partial charge on any atom is 0.181 e. The van der Waals surface area contributed by atoms with Crippen LogP contribution < -0.4 is 0 Å². The molecule has 0 radical (unpaired) electrons.